The number of hydrogen-bond acceptors (Lipinski definition) is 7. The van der Waals surface area contributed by atoms with Gasteiger partial charge in [0.25, 0.3) is 5.91 Å². The molecule has 1 aliphatic heterocycles. The second kappa shape index (κ2) is 10.8. The van der Waals surface area contributed by atoms with Crippen LogP contribution in [0, 0.1) is 0 Å². The third kappa shape index (κ3) is 4.95. The molecule has 0 radical (unpaired) electrons. The normalized spacial score (nSPS) is 13.4. The molecular formula is C25H26N2O5S2. The fourth-order valence-corrected chi connectivity index (χ4v) is 5.44. The number of methoxy groups -OCH3 is 3. The topological polar surface area (TPSA) is 68.3 Å². The summed E-state index contributed by atoms with van der Waals surface area (Å²) in [7, 11) is 4.56. The Hall–Kier alpha value is -3.30. The van der Waals surface area contributed by atoms with Gasteiger partial charge >= 0.3 is 0 Å². The summed E-state index contributed by atoms with van der Waals surface area (Å²) in [5, 5.41) is 4.02. The second-order valence-corrected chi connectivity index (χ2v) is 9.44. The van der Waals surface area contributed by atoms with Gasteiger partial charge in [0.15, 0.2) is 11.5 Å². The van der Waals surface area contributed by atoms with Crippen LogP contribution in [0.15, 0.2) is 53.2 Å². The van der Waals surface area contributed by atoms with Gasteiger partial charge in [-0.1, -0.05) is 12.1 Å². The molecule has 0 spiro atoms. The third-order valence-corrected chi connectivity index (χ3v) is 7.44. The van der Waals surface area contributed by atoms with E-state index in [1.54, 1.807) is 50.7 Å². The number of carbonyl (C=O) groups is 2. The Morgan fingerprint density at radius 3 is 1.79 bits per heavy atom. The largest absolute Gasteiger partial charge is 0.493 e. The molecule has 0 atom stereocenters. The first kappa shape index (κ1) is 23.8. The van der Waals surface area contributed by atoms with Gasteiger partial charge in [-0.25, -0.2) is 0 Å². The van der Waals surface area contributed by atoms with Crippen LogP contribution in [0.2, 0.25) is 0 Å². The van der Waals surface area contributed by atoms with E-state index in [1.807, 2.05) is 35.0 Å². The molecule has 4 rings (SSSR count). The lowest BCUT2D eigenvalue weighted by atomic mass is 10.1. The monoisotopic (exact) mass is 498 g/mol. The van der Waals surface area contributed by atoms with Crippen LogP contribution in [-0.2, 0) is 4.79 Å². The van der Waals surface area contributed by atoms with E-state index >= 15 is 0 Å². The van der Waals surface area contributed by atoms with Crippen molar-refractivity contribution < 1.29 is 23.8 Å². The van der Waals surface area contributed by atoms with Gasteiger partial charge in [-0.3, -0.25) is 9.59 Å². The summed E-state index contributed by atoms with van der Waals surface area (Å²) in [6.07, 6.45) is 1.72. The number of piperazine rings is 1. The maximum atomic E-state index is 13.2. The van der Waals surface area contributed by atoms with Crippen molar-refractivity contribution in [3.63, 3.8) is 0 Å². The summed E-state index contributed by atoms with van der Waals surface area (Å²) in [6.45, 7) is 1.83. The lowest BCUT2D eigenvalue weighted by Gasteiger charge is -2.34. The Labute approximate surface area is 206 Å². The van der Waals surface area contributed by atoms with E-state index < -0.39 is 0 Å². The van der Waals surface area contributed by atoms with Crippen molar-refractivity contribution in [2.24, 2.45) is 0 Å². The molecule has 3 aromatic rings. The molecule has 0 N–H and O–H groups in total. The van der Waals surface area contributed by atoms with Crippen LogP contribution in [-0.4, -0.2) is 69.1 Å². The van der Waals surface area contributed by atoms with Crippen molar-refractivity contribution in [2.45, 2.75) is 0 Å². The highest BCUT2D eigenvalue weighted by molar-refractivity contribution is 7.13. The van der Waals surface area contributed by atoms with Crippen molar-refractivity contribution in [1.29, 1.82) is 0 Å². The number of carbonyl (C=O) groups excluding carboxylic acids is 2. The first-order chi connectivity index (χ1) is 16.5. The fourth-order valence-electron chi connectivity index (χ4n) is 3.86. The molecule has 178 valence electrons. The number of nitrogens with zero attached hydrogens (tertiary/aromatic N) is 2. The van der Waals surface area contributed by atoms with Crippen LogP contribution in [0.4, 0.5) is 0 Å². The van der Waals surface area contributed by atoms with Crippen LogP contribution in [0.3, 0.4) is 0 Å². The van der Waals surface area contributed by atoms with Crippen molar-refractivity contribution in [3.8, 4) is 17.2 Å². The van der Waals surface area contributed by atoms with E-state index in [2.05, 4.69) is 0 Å². The summed E-state index contributed by atoms with van der Waals surface area (Å²) in [4.78, 5) is 31.9. The Morgan fingerprint density at radius 2 is 1.35 bits per heavy atom. The predicted octanol–water partition coefficient (Wildman–Crippen LogP) is 4.25. The summed E-state index contributed by atoms with van der Waals surface area (Å²) in [5.41, 5.74) is 1.39. The molecule has 9 heteroatoms. The average molecular weight is 499 g/mol. The van der Waals surface area contributed by atoms with Gasteiger partial charge in [-0.05, 0) is 35.0 Å². The maximum absolute atomic E-state index is 13.2. The molecule has 7 nitrogen and oxygen atoms in total. The zero-order valence-corrected chi connectivity index (χ0v) is 20.9. The van der Waals surface area contributed by atoms with E-state index in [0.717, 1.165) is 15.3 Å². The van der Waals surface area contributed by atoms with Gasteiger partial charge < -0.3 is 24.0 Å². The molecular weight excluding hydrogens is 472 g/mol. The number of thiophene rings is 2. The Morgan fingerprint density at radius 1 is 0.824 bits per heavy atom. The molecule has 0 bridgehead atoms. The molecule has 1 aliphatic rings. The van der Waals surface area contributed by atoms with Gasteiger partial charge in [-0.15, -0.1) is 22.7 Å². The maximum Gasteiger partial charge on any atom is 0.254 e. The van der Waals surface area contributed by atoms with Gasteiger partial charge in [0.05, 0.1) is 21.3 Å². The zero-order valence-electron chi connectivity index (χ0n) is 19.3. The zero-order chi connectivity index (χ0) is 24.1. The molecule has 1 aromatic carbocycles. The molecule has 0 aliphatic carbocycles. The lowest BCUT2D eigenvalue weighted by Crippen LogP contribution is -2.50. The number of hydrogen-bond donors (Lipinski definition) is 0. The third-order valence-electron chi connectivity index (χ3n) is 5.63. The molecule has 0 unspecified atom stereocenters. The molecule has 1 fully saturated rings. The summed E-state index contributed by atoms with van der Waals surface area (Å²) < 4.78 is 16.1. The highest BCUT2D eigenvalue weighted by atomic mass is 32.1. The first-order valence-electron chi connectivity index (χ1n) is 10.7. The van der Waals surface area contributed by atoms with Crippen LogP contribution >= 0.6 is 22.7 Å². The van der Waals surface area contributed by atoms with Gasteiger partial charge in [0.2, 0.25) is 11.7 Å². The molecule has 0 saturated carbocycles. The van der Waals surface area contributed by atoms with E-state index in [-0.39, 0.29) is 11.8 Å². The summed E-state index contributed by atoms with van der Waals surface area (Å²) in [6, 6.07) is 11.3. The van der Waals surface area contributed by atoms with Gasteiger partial charge in [0.1, 0.15) is 0 Å². The minimum atomic E-state index is -0.139. The van der Waals surface area contributed by atoms with E-state index in [9.17, 15) is 9.59 Å². The smallest absolute Gasteiger partial charge is 0.254 e. The highest BCUT2D eigenvalue weighted by Crippen LogP contribution is 2.38. The number of amides is 2. The van der Waals surface area contributed by atoms with Crippen LogP contribution in [0.1, 0.15) is 20.1 Å². The second-order valence-electron chi connectivity index (χ2n) is 7.54. The number of benzene rings is 1. The summed E-state index contributed by atoms with van der Waals surface area (Å²) >= 11 is 3.23. The first-order valence-corrected chi connectivity index (χ1v) is 12.5. The van der Waals surface area contributed by atoms with Crippen molar-refractivity contribution in [3.05, 3.63) is 68.6 Å². The van der Waals surface area contributed by atoms with Crippen LogP contribution in [0.5, 0.6) is 17.2 Å². The molecule has 34 heavy (non-hydrogen) atoms. The number of ether oxygens (including phenoxy) is 3. The lowest BCUT2D eigenvalue weighted by molar-refractivity contribution is -0.127. The quantitative estimate of drug-likeness (QED) is 0.456. The van der Waals surface area contributed by atoms with E-state index in [1.165, 1.54) is 21.3 Å². The standard InChI is InChI=1S/C25H26N2O5S2/c1-30-19-14-17(15-20(31-2)24(19)32-3)25(29)27-10-8-26(9-11-27)23(28)16-18(21-6-4-12-33-21)22-7-5-13-34-22/h4-7,12-16H,8-11H2,1-3H3. The Bertz CT molecular complexity index is 1100. The Kier molecular flexibility index (Phi) is 7.54. The van der Waals surface area contributed by atoms with Crippen LogP contribution in [0.25, 0.3) is 5.57 Å². The average Bonchev–Trinajstić information content (AvgIpc) is 3.61. The minimum Gasteiger partial charge on any atom is -0.493 e. The van der Waals surface area contributed by atoms with Crippen molar-refractivity contribution in [1.82, 2.24) is 9.80 Å². The van der Waals surface area contributed by atoms with Gasteiger partial charge in [-0.2, -0.15) is 0 Å². The highest BCUT2D eigenvalue weighted by Gasteiger charge is 2.26. The molecule has 2 aromatic heterocycles. The molecule has 1 saturated heterocycles. The van der Waals surface area contributed by atoms with Crippen LogP contribution < -0.4 is 14.2 Å². The Balaban J connectivity index is 1.46. The molecule has 2 amide bonds. The minimum absolute atomic E-state index is 0.0447. The molecule has 3 heterocycles. The van der Waals surface area contributed by atoms with Crippen molar-refractivity contribution in [2.75, 3.05) is 47.5 Å². The van der Waals surface area contributed by atoms with Crippen molar-refractivity contribution >= 4 is 40.1 Å². The SMILES string of the molecule is COc1cc(C(=O)N2CCN(C(=O)C=C(c3cccs3)c3cccs3)CC2)cc(OC)c1OC. The van der Waals surface area contributed by atoms with Gasteiger partial charge in [0, 0.05) is 53.1 Å². The van der Waals surface area contributed by atoms with E-state index in [4.69, 9.17) is 14.2 Å². The summed E-state index contributed by atoms with van der Waals surface area (Å²) in [5.74, 6) is 1.12. The van der Waals surface area contributed by atoms with E-state index in [0.29, 0.717) is 49.0 Å². The number of rotatable bonds is 7. The fraction of sp³-hybridized carbons (Fsp3) is 0.280. The predicted molar refractivity (Wildman–Crippen MR) is 134 cm³/mol.